The summed E-state index contributed by atoms with van der Waals surface area (Å²) in [7, 11) is 0. The van der Waals surface area contributed by atoms with Gasteiger partial charge in [0, 0.05) is 17.7 Å². The monoisotopic (exact) mass is 335 g/mol. The van der Waals surface area contributed by atoms with E-state index in [0.29, 0.717) is 5.56 Å². The van der Waals surface area contributed by atoms with Crippen molar-refractivity contribution in [2.75, 3.05) is 5.32 Å². The number of terminal acetylenes is 1. The van der Waals surface area contributed by atoms with E-state index in [1.165, 1.54) is 11.6 Å². The first-order chi connectivity index (χ1) is 11.3. The Labute approximate surface area is 146 Å². The number of hydrogen-bond acceptors (Lipinski definition) is 2. The number of carbonyl (C=O) groups is 1. The second kappa shape index (κ2) is 5.77. The molecule has 1 aliphatic heterocycles. The molecule has 2 aromatic rings. The predicted molar refractivity (Wildman–Crippen MR) is 101 cm³/mol. The van der Waals surface area contributed by atoms with Crippen molar-refractivity contribution in [3.8, 4) is 23.5 Å². The summed E-state index contributed by atoms with van der Waals surface area (Å²) in [5, 5.41) is 12.6. The zero-order valence-corrected chi connectivity index (χ0v) is 14.3. The second-order valence-electron chi connectivity index (χ2n) is 6.55. The van der Waals surface area contributed by atoms with Crippen LogP contribution in [0.1, 0.15) is 41.8 Å². The molecule has 0 radical (unpaired) electrons. The van der Waals surface area contributed by atoms with Crippen LogP contribution < -0.4 is 5.32 Å². The molecule has 120 valence electrons. The SMILES string of the molecule is C#Cc1c(C(=O)O)cccc1-c1ccc2c(c1)NC(=S)CC2(C)C. The quantitative estimate of drug-likeness (QED) is 0.629. The van der Waals surface area contributed by atoms with E-state index >= 15 is 0 Å². The fourth-order valence-electron chi connectivity index (χ4n) is 3.22. The molecule has 3 nitrogen and oxygen atoms in total. The molecule has 1 heterocycles. The van der Waals surface area contributed by atoms with Gasteiger partial charge in [0.2, 0.25) is 0 Å². The van der Waals surface area contributed by atoms with E-state index in [4.69, 9.17) is 18.6 Å². The highest BCUT2D eigenvalue weighted by atomic mass is 32.1. The Balaban J connectivity index is 2.18. The number of anilines is 1. The highest BCUT2D eigenvalue weighted by Gasteiger charge is 2.30. The summed E-state index contributed by atoms with van der Waals surface area (Å²) in [5.41, 5.74) is 4.25. The number of aromatic carboxylic acids is 1. The second-order valence-corrected chi connectivity index (χ2v) is 7.04. The Hall–Kier alpha value is -2.64. The van der Waals surface area contributed by atoms with Gasteiger partial charge in [-0.15, -0.1) is 6.42 Å². The van der Waals surface area contributed by atoms with Crippen LogP contribution in [0.3, 0.4) is 0 Å². The molecule has 0 saturated heterocycles. The minimum Gasteiger partial charge on any atom is -0.478 e. The van der Waals surface area contributed by atoms with Crippen LogP contribution in [-0.4, -0.2) is 16.1 Å². The maximum Gasteiger partial charge on any atom is 0.336 e. The van der Waals surface area contributed by atoms with Crippen LogP contribution in [0.4, 0.5) is 5.69 Å². The van der Waals surface area contributed by atoms with Crippen molar-refractivity contribution in [3.63, 3.8) is 0 Å². The number of carboxylic acid groups (broad SMARTS) is 1. The third-order valence-electron chi connectivity index (χ3n) is 4.38. The smallest absolute Gasteiger partial charge is 0.336 e. The maximum atomic E-state index is 11.4. The fraction of sp³-hybridized carbons (Fsp3) is 0.200. The zero-order chi connectivity index (χ0) is 17.5. The molecule has 0 atom stereocenters. The van der Waals surface area contributed by atoms with Crippen LogP contribution in [0, 0.1) is 12.3 Å². The molecule has 0 amide bonds. The van der Waals surface area contributed by atoms with Crippen molar-refractivity contribution in [1.82, 2.24) is 0 Å². The Kier molecular flexibility index (Phi) is 3.90. The summed E-state index contributed by atoms with van der Waals surface area (Å²) in [6, 6.07) is 11.1. The molecule has 2 aromatic carbocycles. The van der Waals surface area contributed by atoms with Gasteiger partial charge in [0.1, 0.15) is 0 Å². The van der Waals surface area contributed by atoms with Gasteiger partial charge in [0.25, 0.3) is 0 Å². The first-order valence-corrected chi connectivity index (χ1v) is 8.02. The number of rotatable bonds is 2. The zero-order valence-electron chi connectivity index (χ0n) is 13.5. The standard InChI is InChI=1S/C20H17NO2S/c1-4-13-14(6-5-7-15(13)19(22)23)12-8-9-16-17(10-12)21-18(24)11-20(16,2)3/h1,5-10H,11H2,2-3H3,(H,21,24)(H,22,23). The van der Waals surface area contributed by atoms with E-state index in [9.17, 15) is 9.90 Å². The van der Waals surface area contributed by atoms with Crippen LogP contribution in [0.25, 0.3) is 11.1 Å². The third kappa shape index (κ3) is 2.68. The molecule has 0 aromatic heterocycles. The summed E-state index contributed by atoms with van der Waals surface area (Å²) >= 11 is 5.37. The maximum absolute atomic E-state index is 11.4. The van der Waals surface area contributed by atoms with E-state index in [1.54, 1.807) is 6.07 Å². The van der Waals surface area contributed by atoms with E-state index in [0.717, 1.165) is 28.2 Å². The number of nitrogens with one attached hydrogen (secondary N) is 1. The minimum absolute atomic E-state index is 0.0337. The lowest BCUT2D eigenvalue weighted by atomic mass is 9.77. The molecule has 0 fully saturated rings. The van der Waals surface area contributed by atoms with E-state index in [2.05, 4.69) is 31.2 Å². The van der Waals surface area contributed by atoms with E-state index in [-0.39, 0.29) is 11.0 Å². The highest BCUT2D eigenvalue weighted by Crippen LogP contribution is 2.40. The number of hydrogen-bond donors (Lipinski definition) is 2. The molecular formula is C20H17NO2S. The van der Waals surface area contributed by atoms with Gasteiger partial charge in [-0.3, -0.25) is 0 Å². The Morgan fingerprint density at radius 3 is 2.75 bits per heavy atom. The lowest BCUT2D eigenvalue weighted by Gasteiger charge is -2.34. The molecule has 3 rings (SSSR count). The summed E-state index contributed by atoms with van der Waals surface area (Å²) in [4.78, 5) is 12.2. The molecule has 0 spiro atoms. The van der Waals surface area contributed by atoms with Gasteiger partial charge in [0.15, 0.2) is 0 Å². The van der Waals surface area contributed by atoms with Gasteiger partial charge in [-0.25, -0.2) is 4.79 Å². The summed E-state index contributed by atoms with van der Waals surface area (Å²) < 4.78 is 0. The molecule has 0 unspecified atom stereocenters. The number of thiocarbonyl (C=S) groups is 1. The van der Waals surface area contributed by atoms with Crippen molar-refractivity contribution in [1.29, 1.82) is 0 Å². The van der Waals surface area contributed by atoms with Crippen molar-refractivity contribution in [2.45, 2.75) is 25.7 Å². The molecule has 0 bridgehead atoms. The number of benzene rings is 2. The normalized spacial score (nSPS) is 15.1. The van der Waals surface area contributed by atoms with Gasteiger partial charge in [-0.05, 0) is 34.2 Å². The van der Waals surface area contributed by atoms with Gasteiger partial charge in [0.05, 0.1) is 10.6 Å². The van der Waals surface area contributed by atoms with Gasteiger partial charge in [-0.2, -0.15) is 0 Å². The highest BCUT2D eigenvalue weighted by molar-refractivity contribution is 7.80. The van der Waals surface area contributed by atoms with Gasteiger partial charge >= 0.3 is 5.97 Å². The minimum atomic E-state index is -1.02. The average molecular weight is 335 g/mol. The fourth-order valence-corrected chi connectivity index (χ4v) is 3.69. The third-order valence-corrected chi connectivity index (χ3v) is 4.62. The van der Waals surface area contributed by atoms with Crippen LogP contribution in [-0.2, 0) is 5.41 Å². The molecular weight excluding hydrogens is 318 g/mol. The Morgan fingerprint density at radius 1 is 1.33 bits per heavy atom. The van der Waals surface area contributed by atoms with Crippen LogP contribution >= 0.6 is 12.2 Å². The van der Waals surface area contributed by atoms with Gasteiger partial charge < -0.3 is 10.4 Å². The van der Waals surface area contributed by atoms with Crippen LogP contribution in [0.15, 0.2) is 36.4 Å². The topological polar surface area (TPSA) is 49.3 Å². The van der Waals surface area contributed by atoms with Crippen molar-refractivity contribution >= 4 is 28.9 Å². The summed E-state index contributed by atoms with van der Waals surface area (Å²) in [6.07, 6.45) is 6.38. The first kappa shape index (κ1) is 16.2. The molecule has 24 heavy (non-hydrogen) atoms. The Bertz CT molecular complexity index is 906. The predicted octanol–water partition coefficient (Wildman–Crippen LogP) is 4.45. The molecule has 0 aliphatic carbocycles. The van der Waals surface area contributed by atoms with Crippen molar-refractivity contribution < 1.29 is 9.90 Å². The van der Waals surface area contributed by atoms with E-state index < -0.39 is 5.97 Å². The average Bonchev–Trinajstić information content (AvgIpc) is 2.52. The van der Waals surface area contributed by atoms with E-state index in [1.807, 2.05) is 18.2 Å². The lowest BCUT2D eigenvalue weighted by molar-refractivity contribution is 0.0696. The lowest BCUT2D eigenvalue weighted by Crippen LogP contribution is -2.31. The van der Waals surface area contributed by atoms with Crippen LogP contribution in [0.5, 0.6) is 0 Å². The summed E-state index contributed by atoms with van der Waals surface area (Å²) in [6.45, 7) is 4.33. The molecule has 4 heteroatoms. The molecule has 2 N–H and O–H groups in total. The number of fused-ring (bicyclic) bond motifs is 1. The van der Waals surface area contributed by atoms with Crippen LogP contribution in [0.2, 0.25) is 0 Å². The molecule has 0 saturated carbocycles. The molecule has 1 aliphatic rings. The van der Waals surface area contributed by atoms with Crippen molar-refractivity contribution in [2.24, 2.45) is 0 Å². The Morgan fingerprint density at radius 2 is 2.08 bits per heavy atom. The number of carboxylic acids is 1. The summed E-state index contributed by atoms with van der Waals surface area (Å²) in [5.74, 6) is 1.50. The first-order valence-electron chi connectivity index (χ1n) is 7.61. The largest absolute Gasteiger partial charge is 0.478 e. The van der Waals surface area contributed by atoms with Gasteiger partial charge in [-0.1, -0.05) is 56.3 Å². The van der Waals surface area contributed by atoms with Crippen molar-refractivity contribution in [3.05, 3.63) is 53.1 Å².